The van der Waals surface area contributed by atoms with Gasteiger partial charge in [0.05, 0.1) is 22.9 Å². The van der Waals surface area contributed by atoms with Gasteiger partial charge < -0.3 is 4.42 Å². The molecule has 0 spiro atoms. The first-order chi connectivity index (χ1) is 20.3. The Bertz CT molecular complexity index is 2150. The van der Waals surface area contributed by atoms with Crippen molar-refractivity contribution < 1.29 is 4.42 Å². The second kappa shape index (κ2) is 9.47. The fourth-order valence-corrected chi connectivity index (χ4v) is 5.28. The van der Waals surface area contributed by atoms with Crippen LogP contribution in [0.5, 0.6) is 0 Å². The summed E-state index contributed by atoms with van der Waals surface area (Å²) >= 11 is 0. The van der Waals surface area contributed by atoms with Crippen LogP contribution in [0.15, 0.2) is 132 Å². The van der Waals surface area contributed by atoms with E-state index in [2.05, 4.69) is 11.1 Å². The van der Waals surface area contributed by atoms with Crippen molar-refractivity contribution in [3.05, 3.63) is 128 Å². The molecule has 0 bridgehead atoms. The molecule has 0 aliphatic rings. The Kier molecular flexibility index (Phi) is 5.35. The van der Waals surface area contributed by atoms with E-state index in [1.54, 1.807) is 0 Å². The van der Waals surface area contributed by atoms with E-state index in [4.69, 9.17) is 24.4 Å². The zero-order valence-corrected chi connectivity index (χ0v) is 21.8. The summed E-state index contributed by atoms with van der Waals surface area (Å²) in [5, 5.41) is 1.88. The Morgan fingerprint density at radius 3 is 1.61 bits per heavy atom. The number of fused-ring (bicyclic) bond motifs is 4. The molecule has 0 aliphatic heterocycles. The summed E-state index contributed by atoms with van der Waals surface area (Å²) in [6.45, 7) is 0. The van der Waals surface area contributed by atoms with Gasteiger partial charge in [0.15, 0.2) is 17.5 Å². The van der Waals surface area contributed by atoms with E-state index in [-0.39, 0.29) is 0 Å². The summed E-state index contributed by atoms with van der Waals surface area (Å²) < 4.78 is 6.37. The van der Waals surface area contributed by atoms with Gasteiger partial charge in [0.1, 0.15) is 11.2 Å². The molecule has 0 unspecified atom stereocenters. The molecule has 0 saturated heterocycles. The van der Waals surface area contributed by atoms with Gasteiger partial charge in [-0.1, -0.05) is 97.1 Å². The van der Waals surface area contributed by atoms with E-state index in [0.717, 1.165) is 60.9 Å². The lowest BCUT2D eigenvalue weighted by Crippen LogP contribution is -2.00. The Morgan fingerprint density at radius 2 is 0.951 bits per heavy atom. The second-order valence-corrected chi connectivity index (χ2v) is 9.74. The SMILES string of the molecule is c1ccc(-c2nc(-c3ccccc3)nc(-c3cccc4oc5cccc(-c6cnc7ccccc7n6)c5c34)n2)cc1. The third kappa shape index (κ3) is 4.01. The van der Waals surface area contributed by atoms with Crippen molar-refractivity contribution in [2.24, 2.45) is 0 Å². The van der Waals surface area contributed by atoms with Gasteiger partial charge in [-0.05, 0) is 24.3 Å². The van der Waals surface area contributed by atoms with Crippen LogP contribution >= 0.6 is 0 Å². The van der Waals surface area contributed by atoms with Gasteiger partial charge in [0.2, 0.25) is 0 Å². The van der Waals surface area contributed by atoms with Crippen LogP contribution in [0.1, 0.15) is 0 Å². The molecule has 0 amide bonds. The van der Waals surface area contributed by atoms with Crippen LogP contribution in [0.3, 0.4) is 0 Å². The van der Waals surface area contributed by atoms with Crippen LogP contribution in [0.25, 0.3) is 78.4 Å². The lowest BCUT2D eigenvalue weighted by molar-refractivity contribution is 0.669. The molecule has 0 N–H and O–H groups in total. The van der Waals surface area contributed by atoms with Gasteiger partial charge in [-0.2, -0.15) is 0 Å². The summed E-state index contributed by atoms with van der Waals surface area (Å²) in [6, 6.07) is 39.9. The highest BCUT2D eigenvalue weighted by Gasteiger charge is 2.20. The van der Waals surface area contributed by atoms with Crippen molar-refractivity contribution in [2.45, 2.75) is 0 Å². The second-order valence-electron chi connectivity index (χ2n) is 9.74. The normalized spacial score (nSPS) is 11.4. The highest BCUT2D eigenvalue weighted by molar-refractivity contribution is 6.17. The number of rotatable bonds is 4. The van der Waals surface area contributed by atoms with E-state index in [9.17, 15) is 0 Å². The quantitative estimate of drug-likeness (QED) is 0.229. The van der Waals surface area contributed by atoms with E-state index in [1.807, 2.05) is 121 Å². The van der Waals surface area contributed by atoms with Crippen LogP contribution in [0, 0.1) is 0 Å². The van der Waals surface area contributed by atoms with Crippen LogP contribution in [-0.2, 0) is 0 Å². The third-order valence-electron chi connectivity index (χ3n) is 7.19. The van der Waals surface area contributed by atoms with E-state index in [0.29, 0.717) is 17.5 Å². The van der Waals surface area contributed by atoms with Gasteiger partial charge >= 0.3 is 0 Å². The maximum atomic E-state index is 6.37. The van der Waals surface area contributed by atoms with Crippen molar-refractivity contribution in [3.63, 3.8) is 0 Å². The Morgan fingerprint density at radius 1 is 0.415 bits per heavy atom. The van der Waals surface area contributed by atoms with Crippen LogP contribution in [0.4, 0.5) is 0 Å². The molecule has 41 heavy (non-hydrogen) atoms. The van der Waals surface area contributed by atoms with Crippen molar-refractivity contribution in [2.75, 3.05) is 0 Å². The first kappa shape index (κ1) is 23.2. The Labute approximate surface area is 235 Å². The summed E-state index contributed by atoms with van der Waals surface area (Å²) in [4.78, 5) is 24.5. The maximum Gasteiger partial charge on any atom is 0.164 e. The van der Waals surface area contributed by atoms with E-state index >= 15 is 0 Å². The fourth-order valence-electron chi connectivity index (χ4n) is 5.28. The van der Waals surface area contributed by atoms with Gasteiger partial charge in [-0.25, -0.2) is 19.9 Å². The fraction of sp³-hybridized carbons (Fsp3) is 0. The summed E-state index contributed by atoms with van der Waals surface area (Å²) in [5.41, 5.74) is 7.63. The van der Waals surface area contributed by atoms with Crippen molar-refractivity contribution in [1.82, 2.24) is 24.9 Å². The zero-order chi connectivity index (χ0) is 27.2. The summed E-state index contributed by atoms with van der Waals surface area (Å²) in [7, 11) is 0. The van der Waals surface area contributed by atoms with E-state index < -0.39 is 0 Å². The topological polar surface area (TPSA) is 77.6 Å². The molecule has 6 heteroatoms. The molecule has 8 aromatic rings. The van der Waals surface area contributed by atoms with Gasteiger partial charge in [0, 0.05) is 33.0 Å². The van der Waals surface area contributed by atoms with Gasteiger partial charge in [-0.15, -0.1) is 0 Å². The van der Waals surface area contributed by atoms with Crippen molar-refractivity contribution >= 4 is 33.0 Å². The average Bonchev–Trinajstić information content (AvgIpc) is 3.44. The minimum Gasteiger partial charge on any atom is -0.456 e. The highest BCUT2D eigenvalue weighted by Crippen LogP contribution is 2.41. The lowest BCUT2D eigenvalue weighted by Gasteiger charge is -2.10. The number of hydrogen-bond acceptors (Lipinski definition) is 6. The standard InChI is InChI=1S/C35H21N5O/c1-3-11-22(12-4-1)33-38-34(23-13-5-2-6-14-23)40-35(39-33)25-16-10-20-30-32(25)31-24(15-9-19-29(31)41-30)28-21-36-26-17-7-8-18-27(26)37-28/h1-21H. The molecular weight excluding hydrogens is 506 g/mol. The van der Waals surface area contributed by atoms with Crippen LogP contribution in [0.2, 0.25) is 0 Å². The number of aromatic nitrogens is 5. The average molecular weight is 528 g/mol. The predicted molar refractivity (Wildman–Crippen MR) is 162 cm³/mol. The maximum absolute atomic E-state index is 6.37. The molecule has 0 atom stereocenters. The van der Waals surface area contributed by atoms with Crippen LogP contribution in [-0.4, -0.2) is 24.9 Å². The van der Waals surface area contributed by atoms with Gasteiger partial charge in [0.25, 0.3) is 0 Å². The summed E-state index contributed by atoms with van der Waals surface area (Å²) in [5.74, 6) is 1.80. The highest BCUT2D eigenvalue weighted by atomic mass is 16.3. The van der Waals surface area contributed by atoms with Crippen molar-refractivity contribution in [3.8, 4) is 45.4 Å². The van der Waals surface area contributed by atoms with Gasteiger partial charge in [-0.3, -0.25) is 4.98 Å². The molecule has 3 heterocycles. The van der Waals surface area contributed by atoms with E-state index in [1.165, 1.54) is 0 Å². The molecule has 8 rings (SSSR count). The molecule has 0 fully saturated rings. The minimum absolute atomic E-state index is 0.574. The number of nitrogens with zero attached hydrogens (tertiary/aromatic N) is 5. The molecule has 0 aliphatic carbocycles. The Balaban J connectivity index is 1.41. The van der Waals surface area contributed by atoms with Crippen LogP contribution < -0.4 is 0 Å². The monoisotopic (exact) mass is 527 g/mol. The molecule has 0 saturated carbocycles. The number of para-hydroxylation sites is 2. The minimum atomic E-state index is 0.574. The van der Waals surface area contributed by atoms with Crippen molar-refractivity contribution in [1.29, 1.82) is 0 Å². The number of benzene rings is 5. The Hall–Kier alpha value is -5.75. The molecule has 3 aromatic heterocycles. The number of hydrogen-bond donors (Lipinski definition) is 0. The third-order valence-corrected chi connectivity index (χ3v) is 7.19. The first-order valence-corrected chi connectivity index (χ1v) is 13.4. The molecule has 6 nitrogen and oxygen atoms in total. The molecule has 192 valence electrons. The molecule has 5 aromatic carbocycles. The molecule has 0 radical (unpaired) electrons. The lowest BCUT2D eigenvalue weighted by atomic mass is 10.00. The number of furan rings is 1. The zero-order valence-electron chi connectivity index (χ0n) is 21.8. The largest absolute Gasteiger partial charge is 0.456 e. The smallest absolute Gasteiger partial charge is 0.164 e. The molecular formula is C35H21N5O. The first-order valence-electron chi connectivity index (χ1n) is 13.4. The summed E-state index contributed by atoms with van der Waals surface area (Å²) in [6.07, 6.45) is 1.82. The predicted octanol–water partition coefficient (Wildman–Crippen LogP) is 8.38.